The van der Waals surface area contributed by atoms with E-state index in [1.54, 1.807) is 6.92 Å². The molecule has 1 heterocycles. The SMILES string of the molecule is COC(=O)N[C@H](CC(C)C)C(=O)NC[C@](C)(O)CN1CCOCC1. The summed E-state index contributed by atoms with van der Waals surface area (Å²) >= 11 is 0. The Kier molecular flexibility index (Phi) is 8.44. The van der Waals surface area contributed by atoms with E-state index in [9.17, 15) is 14.7 Å². The predicted octanol–water partition coefficient (Wildman–Crippen LogP) is -0.0435. The van der Waals surface area contributed by atoms with Crippen molar-refractivity contribution in [1.29, 1.82) is 0 Å². The van der Waals surface area contributed by atoms with Crippen LogP contribution in [0.25, 0.3) is 0 Å². The van der Waals surface area contributed by atoms with Crippen molar-refractivity contribution in [2.75, 3.05) is 46.5 Å². The van der Waals surface area contributed by atoms with Gasteiger partial charge < -0.3 is 25.2 Å². The summed E-state index contributed by atoms with van der Waals surface area (Å²) < 4.78 is 9.84. The Morgan fingerprint density at radius 3 is 2.50 bits per heavy atom. The molecule has 24 heavy (non-hydrogen) atoms. The van der Waals surface area contributed by atoms with E-state index in [0.29, 0.717) is 26.2 Å². The second-order valence-corrected chi connectivity index (χ2v) is 6.92. The molecule has 0 aromatic rings. The summed E-state index contributed by atoms with van der Waals surface area (Å²) in [6.45, 7) is 9.03. The molecule has 0 spiro atoms. The Hall–Kier alpha value is -1.38. The number of ether oxygens (including phenoxy) is 2. The topological polar surface area (TPSA) is 100 Å². The van der Waals surface area contributed by atoms with Crippen molar-refractivity contribution in [1.82, 2.24) is 15.5 Å². The Bertz CT molecular complexity index is 409. The first-order valence-corrected chi connectivity index (χ1v) is 8.38. The number of carbonyl (C=O) groups is 2. The lowest BCUT2D eigenvalue weighted by atomic mass is 10.0. The molecular formula is C16H31N3O5. The van der Waals surface area contributed by atoms with Crippen molar-refractivity contribution in [3.8, 4) is 0 Å². The fourth-order valence-electron chi connectivity index (χ4n) is 2.60. The first-order chi connectivity index (χ1) is 11.2. The Morgan fingerprint density at radius 2 is 1.96 bits per heavy atom. The summed E-state index contributed by atoms with van der Waals surface area (Å²) in [4.78, 5) is 25.8. The van der Waals surface area contributed by atoms with Crippen LogP contribution in [0.2, 0.25) is 0 Å². The maximum atomic E-state index is 12.3. The summed E-state index contributed by atoms with van der Waals surface area (Å²) in [6, 6.07) is -0.684. The summed E-state index contributed by atoms with van der Waals surface area (Å²) in [5.74, 6) is -0.0943. The number of aliphatic hydroxyl groups is 1. The number of nitrogens with one attached hydrogen (secondary N) is 2. The molecule has 0 aromatic heterocycles. The number of β-amino-alcohol motifs (C(OH)–C–C–N with tert-alkyl or cyclic N) is 1. The third kappa shape index (κ3) is 7.94. The molecule has 0 saturated carbocycles. The maximum absolute atomic E-state index is 12.3. The lowest BCUT2D eigenvalue weighted by Crippen LogP contribution is -2.54. The van der Waals surface area contributed by atoms with Crippen LogP contribution >= 0.6 is 0 Å². The minimum Gasteiger partial charge on any atom is -0.453 e. The second-order valence-electron chi connectivity index (χ2n) is 6.92. The number of amides is 2. The minimum absolute atomic E-state index is 0.112. The van der Waals surface area contributed by atoms with Gasteiger partial charge >= 0.3 is 6.09 Å². The number of methoxy groups -OCH3 is 1. The molecule has 2 atom stereocenters. The smallest absolute Gasteiger partial charge is 0.407 e. The fourth-order valence-corrected chi connectivity index (χ4v) is 2.60. The molecular weight excluding hydrogens is 314 g/mol. The van der Waals surface area contributed by atoms with Gasteiger partial charge in [-0.25, -0.2) is 4.79 Å². The van der Waals surface area contributed by atoms with E-state index in [-0.39, 0.29) is 18.4 Å². The predicted molar refractivity (Wildman–Crippen MR) is 89.7 cm³/mol. The van der Waals surface area contributed by atoms with Crippen molar-refractivity contribution in [2.45, 2.75) is 38.8 Å². The first kappa shape index (κ1) is 20.7. The summed E-state index contributed by atoms with van der Waals surface area (Å²) in [6.07, 6.45) is -0.150. The third-order valence-corrected chi connectivity index (χ3v) is 3.81. The van der Waals surface area contributed by atoms with E-state index < -0.39 is 17.7 Å². The largest absolute Gasteiger partial charge is 0.453 e. The minimum atomic E-state index is -1.05. The standard InChI is InChI=1S/C16H31N3O5/c1-12(2)9-13(18-15(21)23-4)14(20)17-10-16(3,22)11-19-5-7-24-8-6-19/h12-13,22H,5-11H2,1-4H3,(H,17,20)(H,18,21)/t13-,16+/m1/s1. The average Bonchev–Trinajstić information content (AvgIpc) is 2.52. The number of hydrogen-bond donors (Lipinski definition) is 3. The van der Waals surface area contributed by atoms with Gasteiger partial charge in [0.15, 0.2) is 0 Å². The summed E-state index contributed by atoms with van der Waals surface area (Å²) in [5.41, 5.74) is -1.05. The molecule has 0 unspecified atom stereocenters. The highest BCUT2D eigenvalue weighted by atomic mass is 16.5. The Labute approximate surface area is 143 Å². The molecule has 8 nitrogen and oxygen atoms in total. The molecule has 0 radical (unpaired) electrons. The first-order valence-electron chi connectivity index (χ1n) is 8.38. The number of hydrogen-bond acceptors (Lipinski definition) is 6. The number of alkyl carbamates (subject to hydrolysis) is 1. The van der Waals surface area contributed by atoms with Crippen molar-refractivity contribution in [3.05, 3.63) is 0 Å². The average molecular weight is 345 g/mol. The summed E-state index contributed by atoms with van der Waals surface area (Å²) in [5, 5.41) is 15.8. The van der Waals surface area contributed by atoms with Crippen LogP contribution in [-0.2, 0) is 14.3 Å². The second kappa shape index (κ2) is 9.80. The molecule has 1 aliphatic rings. The molecule has 1 aliphatic heterocycles. The van der Waals surface area contributed by atoms with Crippen LogP contribution in [0.15, 0.2) is 0 Å². The molecule has 8 heteroatoms. The number of rotatable bonds is 8. The van der Waals surface area contributed by atoms with Gasteiger partial charge in [0, 0.05) is 26.2 Å². The van der Waals surface area contributed by atoms with E-state index in [0.717, 1.165) is 13.1 Å². The zero-order valence-electron chi connectivity index (χ0n) is 15.1. The van der Waals surface area contributed by atoms with Gasteiger partial charge in [0.05, 0.1) is 25.9 Å². The number of carbonyl (C=O) groups excluding carboxylic acids is 2. The highest BCUT2D eigenvalue weighted by Crippen LogP contribution is 2.09. The van der Waals surface area contributed by atoms with Gasteiger partial charge in [0.25, 0.3) is 0 Å². The molecule has 0 bridgehead atoms. The van der Waals surface area contributed by atoms with E-state index in [1.807, 2.05) is 13.8 Å². The fraction of sp³-hybridized carbons (Fsp3) is 0.875. The number of morpholine rings is 1. The van der Waals surface area contributed by atoms with Crippen molar-refractivity contribution >= 4 is 12.0 Å². The van der Waals surface area contributed by atoms with E-state index >= 15 is 0 Å². The van der Waals surface area contributed by atoms with Gasteiger partial charge in [0.2, 0.25) is 5.91 Å². The Balaban J connectivity index is 2.50. The Morgan fingerprint density at radius 1 is 1.33 bits per heavy atom. The van der Waals surface area contributed by atoms with Crippen LogP contribution in [0.1, 0.15) is 27.2 Å². The van der Waals surface area contributed by atoms with Crippen LogP contribution in [-0.4, -0.2) is 80.2 Å². The van der Waals surface area contributed by atoms with Gasteiger partial charge in [-0.2, -0.15) is 0 Å². The molecule has 1 fully saturated rings. The van der Waals surface area contributed by atoms with Crippen LogP contribution in [0.5, 0.6) is 0 Å². The molecule has 0 aliphatic carbocycles. The normalized spacial score (nSPS) is 19.4. The van der Waals surface area contributed by atoms with E-state index in [4.69, 9.17) is 4.74 Å². The molecule has 0 aromatic carbocycles. The van der Waals surface area contributed by atoms with Gasteiger partial charge in [0.1, 0.15) is 6.04 Å². The highest BCUT2D eigenvalue weighted by molar-refractivity contribution is 5.85. The van der Waals surface area contributed by atoms with Gasteiger partial charge in [-0.3, -0.25) is 9.69 Å². The third-order valence-electron chi connectivity index (χ3n) is 3.81. The number of nitrogens with zero attached hydrogens (tertiary/aromatic N) is 1. The van der Waals surface area contributed by atoms with Crippen molar-refractivity contribution < 1.29 is 24.2 Å². The van der Waals surface area contributed by atoms with Gasteiger partial charge in [-0.15, -0.1) is 0 Å². The quantitative estimate of drug-likeness (QED) is 0.571. The molecule has 2 amide bonds. The van der Waals surface area contributed by atoms with Crippen LogP contribution < -0.4 is 10.6 Å². The van der Waals surface area contributed by atoms with Crippen LogP contribution in [0.4, 0.5) is 4.79 Å². The lowest BCUT2D eigenvalue weighted by Gasteiger charge is -2.34. The van der Waals surface area contributed by atoms with Gasteiger partial charge in [-0.1, -0.05) is 13.8 Å². The zero-order valence-corrected chi connectivity index (χ0v) is 15.1. The molecule has 140 valence electrons. The summed E-state index contributed by atoms with van der Waals surface area (Å²) in [7, 11) is 1.26. The van der Waals surface area contributed by atoms with E-state index in [1.165, 1.54) is 7.11 Å². The van der Waals surface area contributed by atoms with Crippen molar-refractivity contribution in [2.24, 2.45) is 5.92 Å². The van der Waals surface area contributed by atoms with Crippen LogP contribution in [0, 0.1) is 5.92 Å². The van der Waals surface area contributed by atoms with Crippen molar-refractivity contribution in [3.63, 3.8) is 0 Å². The van der Waals surface area contributed by atoms with Gasteiger partial charge in [-0.05, 0) is 19.3 Å². The molecule has 1 saturated heterocycles. The molecule has 3 N–H and O–H groups in total. The highest BCUT2D eigenvalue weighted by Gasteiger charge is 2.28. The lowest BCUT2D eigenvalue weighted by molar-refractivity contribution is -0.124. The van der Waals surface area contributed by atoms with Crippen LogP contribution in [0.3, 0.4) is 0 Å². The maximum Gasteiger partial charge on any atom is 0.407 e. The molecule has 1 rings (SSSR count). The zero-order chi connectivity index (χ0) is 18.2. The monoisotopic (exact) mass is 345 g/mol. The van der Waals surface area contributed by atoms with E-state index in [2.05, 4.69) is 20.3 Å².